The van der Waals surface area contributed by atoms with E-state index in [2.05, 4.69) is 55.7 Å². The number of carbonyl (C=O) groups is 1. The number of allylic oxidation sites excluding steroid dienone is 1. The molecule has 0 N–H and O–H groups in total. The van der Waals surface area contributed by atoms with Crippen LogP contribution in [0.3, 0.4) is 0 Å². The van der Waals surface area contributed by atoms with E-state index in [0.29, 0.717) is 29.9 Å². The van der Waals surface area contributed by atoms with E-state index in [1.54, 1.807) is 29.8 Å². The molecule has 0 heterocycles. The van der Waals surface area contributed by atoms with Gasteiger partial charge in [0.1, 0.15) is 17.6 Å². The zero-order chi connectivity index (χ0) is 59.2. The summed E-state index contributed by atoms with van der Waals surface area (Å²) in [6.07, 6.45) is 18.1. The largest absolute Gasteiger partial charge is 0.494 e. The molecule has 6 rings (SSSR count). The van der Waals surface area contributed by atoms with Crippen molar-refractivity contribution in [2.24, 2.45) is 56.6 Å². The van der Waals surface area contributed by atoms with Gasteiger partial charge in [-0.3, -0.25) is 4.79 Å². The molecule has 2 aromatic rings. The third-order valence-corrected chi connectivity index (χ3v) is 18.1. The van der Waals surface area contributed by atoms with E-state index in [0.717, 1.165) is 137 Å². The van der Waals surface area contributed by atoms with Crippen molar-refractivity contribution in [2.75, 3.05) is 13.2 Å². The molecule has 3 saturated carbocycles. The number of nitrogens with zero attached hydrogens (tertiary/aromatic N) is 2. The van der Waals surface area contributed by atoms with Crippen molar-refractivity contribution in [1.29, 1.82) is 0 Å². The molecular weight excluding hydrogens is 1090 g/mol. The molecule has 8 atom stereocenters. The second-order valence-electron chi connectivity index (χ2n) is 24.0. The van der Waals surface area contributed by atoms with Gasteiger partial charge in [0.2, 0.25) is 0 Å². The van der Waals surface area contributed by atoms with Crippen molar-refractivity contribution in [2.45, 2.75) is 217 Å². The summed E-state index contributed by atoms with van der Waals surface area (Å²) in [4.78, 5) is 12.9. The summed E-state index contributed by atoms with van der Waals surface area (Å²) in [6.45, 7) is 9.91. The number of ether oxygens (including phenoxy) is 3. The third kappa shape index (κ3) is 13.9. The van der Waals surface area contributed by atoms with Gasteiger partial charge in [0.15, 0.2) is 6.61 Å². The van der Waals surface area contributed by atoms with Crippen LogP contribution in [0.4, 0.5) is 77.2 Å². The minimum Gasteiger partial charge on any atom is -0.494 e. The van der Waals surface area contributed by atoms with Gasteiger partial charge in [-0.05, 0) is 153 Å². The number of halogens is 15. The molecule has 0 amide bonds. The second-order valence-corrected chi connectivity index (χ2v) is 24.0. The minimum atomic E-state index is -8.36. The summed E-state index contributed by atoms with van der Waals surface area (Å²) >= 11 is 0. The molecule has 0 spiro atoms. The Balaban J connectivity index is 0.803. The highest BCUT2D eigenvalue weighted by Gasteiger charge is 2.93. The first-order chi connectivity index (χ1) is 37.2. The van der Waals surface area contributed by atoms with Gasteiger partial charge in [0, 0.05) is 12.8 Å². The number of fused-ring (bicyclic) bond motifs is 5. The van der Waals surface area contributed by atoms with Gasteiger partial charge in [0.25, 0.3) is 0 Å². The first-order valence-electron chi connectivity index (χ1n) is 28.3. The van der Waals surface area contributed by atoms with Crippen molar-refractivity contribution in [3.05, 3.63) is 60.2 Å². The zero-order valence-corrected chi connectivity index (χ0v) is 46.2. The Hall–Kier alpha value is -4.20. The van der Waals surface area contributed by atoms with Crippen molar-refractivity contribution < 1.29 is 84.9 Å². The Morgan fingerprint density at radius 1 is 0.588 bits per heavy atom. The zero-order valence-electron chi connectivity index (χ0n) is 46.2. The molecule has 21 heteroatoms. The fourth-order valence-corrected chi connectivity index (χ4v) is 13.4. The molecule has 80 heavy (non-hydrogen) atoms. The fourth-order valence-electron chi connectivity index (χ4n) is 13.4. The highest BCUT2D eigenvalue weighted by atomic mass is 19.4. The molecule has 6 nitrogen and oxygen atoms in total. The molecule has 0 saturated heterocycles. The number of unbranched alkanes of at least 4 members (excludes halogenated alkanes) is 8. The molecule has 4 aliphatic rings. The van der Waals surface area contributed by atoms with E-state index < -0.39 is 54.1 Å². The fraction of sp³-hybridized carbons (Fsp3) is 0.746. The molecule has 452 valence electrons. The van der Waals surface area contributed by atoms with E-state index in [1.165, 1.54) is 51.4 Å². The lowest BCUT2D eigenvalue weighted by Gasteiger charge is -2.58. The molecular formula is C59H77F15N2O4. The molecule has 0 radical (unpaired) electrons. The summed E-state index contributed by atoms with van der Waals surface area (Å²) in [5.74, 6) is -42.6. The lowest BCUT2D eigenvalue weighted by atomic mass is 9.47. The molecule has 0 unspecified atom stereocenters. The van der Waals surface area contributed by atoms with Gasteiger partial charge in [-0.1, -0.05) is 110 Å². The van der Waals surface area contributed by atoms with Crippen LogP contribution < -0.4 is 9.47 Å². The number of esters is 1. The quantitative estimate of drug-likeness (QED) is 0.0268. The Bertz CT molecular complexity index is 2380. The van der Waals surface area contributed by atoms with E-state index in [9.17, 15) is 70.7 Å². The summed E-state index contributed by atoms with van der Waals surface area (Å²) in [7, 11) is 0. The number of benzene rings is 2. The summed E-state index contributed by atoms with van der Waals surface area (Å²) in [5, 5.41) is 7.80. The van der Waals surface area contributed by atoms with E-state index in [-0.39, 0.29) is 23.2 Å². The van der Waals surface area contributed by atoms with Crippen LogP contribution >= 0.6 is 0 Å². The van der Waals surface area contributed by atoms with Crippen LogP contribution in [0.25, 0.3) is 0 Å². The van der Waals surface area contributed by atoms with Crippen molar-refractivity contribution in [1.82, 2.24) is 0 Å². The van der Waals surface area contributed by atoms with Crippen LogP contribution in [0, 0.1) is 46.3 Å². The highest BCUT2D eigenvalue weighted by molar-refractivity contribution is 5.69. The maximum atomic E-state index is 14.2. The Kier molecular flexibility index (Phi) is 20.9. The van der Waals surface area contributed by atoms with Crippen LogP contribution in [0.5, 0.6) is 11.5 Å². The Morgan fingerprint density at radius 2 is 1.11 bits per heavy atom. The topological polar surface area (TPSA) is 69.5 Å². The second kappa shape index (κ2) is 25.7. The van der Waals surface area contributed by atoms with Gasteiger partial charge in [-0.15, -0.1) is 0 Å². The Morgan fingerprint density at radius 3 is 1.68 bits per heavy atom. The number of carbonyl (C=O) groups excluding carboxylic acids is 1. The highest BCUT2D eigenvalue weighted by Crippen LogP contribution is 2.68. The summed E-state index contributed by atoms with van der Waals surface area (Å²) < 4.78 is 218. The van der Waals surface area contributed by atoms with Crippen molar-refractivity contribution in [3.63, 3.8) is 0 Å². The lowest BCUT2D eigenvalue weighted by molar-refractivity contribution is -0.453. The molecule has 3 fully saturated rings. The first-order valence-corrected chi connectivity index (χ1v) is 28.3. The molecule has 2 aromatic carbocycles. The van der Waals surface area contributed by atoms with Crippen LogP contribution in [0.1, 0.15) is 169 Å². The summed E-state index contributed by atoms with van der Waals surface area (Å²) in [6, 6.07) is 9.84. The minimum absolute atomic E-state index is 0.0112. The Labute approximate surface area is 459 Å². The molecule has 0 bridgehead atoms. The van der Waals surface area contributed by atoms with Gasteiger partial charge in [0.05, 0.1) is 18.0 Å². The molecule has 4 aliphatic carbocycles. The maximum Gasteiger partial charge on any atom is 0.460 e. The predicted octanol–water partition coefficient (Wildman–Crippen LogP) is 20.1. The average molecular weight is 1160 g/mol. The summed E-state index contributed by atoms with van der Waals surface area (Å²) in [5.41, 5.74) is 2.55. The van der Waals surface area contributed by atoms with Crippen molar-refractivity contribution >= 4 is 17.3 Å². The van der Waals surface area contributed by atoms with E-state index >= 15 is 0 Å². The van der Waals surface area contributed by atoms with E-state index in [1.807, 2.05) is 0 Å². The number of rotatable bonds is 29. The smallest absolute Gasteiger partial charge is 0.460 e. The van der Waals surface area contributed by atoms with Gasteiger partial charge >= 0.3 is 47.7 Å². The average Bonchev–Trinajstić information content (AvgIpc) is 3.76. The number of hydrogen-bond donors (Lipinski definition) is 0. The van der Waals surface area contributed by atoms with Crippen molar-refractivity contribution in [3.8, 4) is 11.5 Å². The van der Waals surface area contributed by atoms with Crippen LogP contribution in [0.15, 0.2) is 70.4 Å². The monoisotopic (exact) mass is 1160 g/mol. The number of alkyl halides is 15. The van der Waals surface area contributed by atoms with E-state index in [4.69, 9.17) is 9.47 Å². The lowest BCUT2D eigenvalue weighted by Crippen LogP contribution is -2.73. The SMILES string of the molecule is CC(C)CCC[C@@H](C)[C@H]1CC[C@H]2[C@@H]3CC=C4C[C@@H](OC(=O)CCCCCCCCCCCOc5ccc(N=Nc6ccc(OCC(F)(F)C(F)(F)C(F)(F)C(F)(F)C(F)(F)C(F)(F)C(F)(F)F)cc6)cc5)CC[C@]4(C)[C@H]3CC[C@]12C. The maximum absolute atomic E-state index is 14.2. The molecule has 0 aromatic heterocycles. The number of hydrogen-bond acceptors (Lipinski definition) is 6. The van der Waals surface area contributed by atoms with Gasteiger partial charge < -0.3 is 14.2 Å². The first kappa shape index (κ1) is 65.0. The van der Waals surface area contributed by atoms with Crippen LogP contribution in [0.2, 0.25) is 0 Å². The third-order valence-electron chi connectivity index (χ3n) is 18.1. The molecule has 0 aliphatic heterocycles. The van der Waals surface area contributed by atoms with Gasteiger partial charge in [-0.25, -0.2) is 0 Å². The predicted molar refractivity (Wildman–Crippen MR) is 273 cm³/mol. The van der Waals surface area contributed by atoms with Crippen LogP contribution in [-0.4, -0.2) is 67.0 Å². The normalized spacial score (nSPS) is 25.5. The number of azo groups is 1. The van der Waals surface area contributed by atoms with Crippen LogP contribution in [-0.2, 0) is 9.53 Å². The van der Waals surface area contributed by atoms with Gasteiger partial charge in [-0.2, -0.15) is 76.1 Å². The standard InChI is InChI=1S/C59H77F15N2O4/c1-38(2)16-15-17-39(3)47-29-30-48-46-28-19-40-36-45(31-33-51(40,4)49(46)32-34-52(47,48)5)80-50(77)18-13-11-9-7-6-8-10-12-14-35-78-43-24-20-41(21-25-43)75-76-42-22-26-44(27-23-42)79-37-53(60,61)54(62,63)55(64,65)56(66,67)57(68,69)58(70,71)59(72,73)74/h19-27,38-39,45-49H,6-18,28-37H2,1-5H3/t39-,45+,46+,47-,48+,49+,51+,52-/m1/s1.